The Bertz CT molecular complexity index is 762. The Morgan fingerprint density at radius 1 is 0.794 bits per heavy atom. The third-order valence-corrected chi connectivity index (χ3v) is 5.90. The van der Waals surface area contributed by atoms with Crippen LogP contribution in [0.4, 0.5) is 0 Å². The average molecular weight is 486 g/mol. The maximum atomic E-state index is 12.2. The molecule has 2 atom stereocenters. The van der Waals surface area contributed by atoms with E-state index in [4.69, 9.17) is 4.84 Å². The van der Waals surface area contributed by atoms with Crippen LogP contribution in [0.5, 0.6) is 0 Å². The minimum absolute atomic E-state index is 0.0120. The molecular formula is C22H35N5O7. The molecule has 190 valence electrons. The number of nitrogens with zero attached hydrogens (tertiary/aromatic N) is 2. The number of rotatable bonds is 12. The highest BCUT2D eigenvalue weighted by Crippen LogP contribution is 2.21. The minimum atomic E-state index is -0.802. The van der Waals surface area contributed by atoms with Gasteiger partial charge in [0.2, 0.25) is 17.7 Å². The number of hydroxylamine groups is 2. The topological polar surface area (TPSA) is 154 Å². The Morgan fingerprint density at radius 3 is 1.79 bits per heavy atom. The monoisotopic (exact) mass is 485 g/mol. The molecule has 34 heavy (non-hydrogen) atoms. The van der Waals surface area contributed by atoms with Gasteiger partial charge in [0.05, 0.1) is 13.0 Å². The Morgan fingerprint density at radius 2 is 1.26 bits per heavy atom. The van der Waals surface area contributed by atoms with E-state index >= 15 is 0 Å². The van der Waals surface area contributed by atoms with Crippen LogP contribution in [0.1, 0.15) is 65.2 Å². The van der Waals surface area contributed by atoms with Crippen molar-refractivity contribution >= 4 is 35.5 Å². The number of carbonyl (C=O) groups is 6. The summed E-state index contributed by atoms with van der Waals surface area (Å²) in [6.45, 7) is 4.87. The number of hydrogen-bond acceptors (Lipinski definition) is 8. The van der Waals surface area contributed by atoms with Gasteiger partial charge in [0, 0.05) is 57.4 Å². The number of carbonyl (C=O) groups excluding carboxylic acids is 6. The van der Waals surface area contributed by atoms with Crippen molar-refractivity contribution in [3.63, 3.8) is 0 Å². The van der Waals surface area contributed by atoms with E-state index in [9.17, 15) is 28.8 Å². The van der Waals surface area contributed by atoms with Crippen molar-refractivity contribution in [3.8, 4) is 0 Å². The summed E-state index contributed by atoms with van der Waals surface area (Å²) in [5.41, 5.74) is 0. The van der Waals surface area contributed by atoms with Crippen LogP contribution in [0.15, 0.2) is 0 Å². The van der Waals surface area contributed by atoms with Crippen LogP contribution >= 0.6 is 0 Å². The zero-order valence-electron chi connectivity index (χ0n) is 19.9. The summed E-state index contributed by atoms with van der Waals surface area (Å²) in [4.78, 5) is 77.2. The maximum Gasteiger partial charge on any atom is 0.334 e. The first-order chi connectivity index (χ1) is 16.2. The van der Waals surface area contributed by atoms with Crippen molar-refractivity contribution in [1.82, 2.24) is 25.9 Å². The second-order valence-corrected chi connectivity index (χ2v) is 8.65. The zero-order chi connectivity index (χ0) is 25.1. The van der Waals surface area contributed by atoms with Gasteiger partial charge in [0.1, 0.15) is 0 Å². The Balaban J connectivity index is 1.49. The fourth-order valence-electron chi connectivity index (χ4n) is 3.93. The fourth-order valence-corrected chi connectivity index (χ4v) is 3.93. The molecule has 3 N–H and O–H groups in total. The number of nitrogens with one attached hydrogen (secondary N) is 3. The molecule has 2 fully saturated rings. The Labute approximate surface area is 199 Å². The summed E-state index contributed by atoms with van der Waals surface area (Å²) in [6, 6.07) is 0.737. The van der Waals surface area contributed by atoms with Gasteiger partial charge in [-0.2, -0.15) is 0 Å². The van der Waals surface area contributed by atoms with E-state index in [0.717, 1.165) is 12.8 Å². The SMILES string of the molecule is CC1CCCC(C)N1C[13C](=O)N[13CH2][13CH2]C(=O)NCC[13C](=O)NCCC(=O)ON1C(=O)CCC1=O. The second kappa shape index (κ2) is 13.6. The van der Waals surface area contributed by atoms with Gasteiger partial charge in [-0.05, 0) is 26.7 Å². The van der Waals surface area contributed by atoms with Crippen LogP contribution in [-0.4, -0.2) is 83.7 Å². The molecule has 0 radical (unpaired) electrons. The zero-order valence-corrected chi connectivity index (χ0v) is 19.9. The van der Waals surface area contributed by atoms with Crippen LogP contribution in [0.2, 0.25) is 0 Å². The van der Waals surface area contributed by atoms with E-state index in [1.807, 2.05) is 0 Å². The minimum Gasteiger partial charge on any atom is -0.356 e. The number of hydrogen-bond donors (Lipinski definition) is 3. The molecule has 0 spiro atoms. The second-order valence-electron chi connectivity index (χ2n) is 8.65. The maximum absolute atomic E-state index is 12.2. The third kappa shape index (κ3) is 9.08. The van der Waals surface area contributed by atoms with Crippen molar-refractivity contribution in [2.24, 2.45) is 0 Å². The quantitative estimate of drug-likeness (QED) is 0.244. The van der Waals surface area contributed by atoms with Gasteiger partial charge in [0.25, 0.3) is 11.8 Å². The number of likely N-dealkylation sites (tertiary alicyclic amines) is 1. The van der Waals surface area contributed by atoms with Crippen molar-refractivity contribution in [3.05, 3.63) is 0 Å². The van der Waals surface area contributed by atoms with E-state index in [1.54, 1.807) is 0 Å². The van der Waals surface area contributed by atoms with Crippen molar-refractivity contribution in [2.75, 3.05) is 26.2 Å². The van der Waals surface area contributed by atoms with E-state index < -0.39 is 17.8 Å². The predicted octanol–water partition coefficient (Wildman–Crippen LogP) is -0.625. The standard InChI is InChI=1S/C22H35N5O7/c1-15-4-3-5-16(2)26(15)14-19(30)25-12-9-17(28)23-11-8-18(29)24-13-10-22(33)34-27-20(31)6-7-21(27)32/h15-16H,3-14H2,1-2H3,(H,23,28)(H,24,29)(H,25,30)/i9+1,12+1,18+1,19+1. The van der Waals surface area contributed by atoms with Crippen LogP contribution < -0.4 is 16.0 Å². The summed E-state index contributed by atoms with van der Waals surface area (Å²) >= 11 is 0. The fraction of sp³-hybridized carbons (Fsp3) is 0.727. The predicted molar refractivity (Wildman–Crippen MR) is 120 cm³/mol. The molecule has 0 aromatic rings. The van der Waals surface area contributed by atoms with Crippen LogP contribution in [0.25, 0.3) is 0 Å². The molecule has 2 saturated heterocycles. The summed E-state index contributed by atoms with van der Waals surface area (Å²) in [5.74, 6) is -2.70. The smallest absolute Gasteiger partial charge is 0.334 e. The molecule has 12 heteroatoms. The number of piperidine rings is 1. The highest BCUT2D eigenvalue weighted by atomic mass is 16.7. The molecule has 0 saturated carbocycles. The highest BCUT2D eigenvalue weighted by molar-refractivity contribution is 6.01. The lowest BCUT2D eigenvalue weighted by atomic mass is 9.98. The molecule has 0 aromatic carbocycles. The summed E-state index contributed by atoms with van der Waals surface area (Å²) in [6.07, 6.45) is 3.28. The lowest BCUT2D eigenvalue weighted by Crippen LogP contribution is -2.49. The van der Waals surface area contributed by atoms with Gasteiger partial charge >= 0.3 is 5.97 Å². The molecular weight excluding hydrogens is 450 g/mol. The third-order valence-electron chi connectivity index (χ3n) is 5.90. The normalized spacial score (nSPS) is 20.7. The van der Waals surface area contributed by atoms with Gasteiger partial charge < -0.3 is 20.8 Å². The average Bonchev–Trinajstić information content (AvgIpc) is 3.08. The van der Waals surface area contributed by atoms with E-state index in [1.165, 1.54) is 6.42 Å². The first-order valence-corrected chi connectivity index (χ1v) is 11.8. The molecule has 0 aromatic heterocycles. The highest BCUT2D eigenvalue weighted by Gasteiger charge is 2.32. The van der Waals surface area contributed by atoms with E-state index in [2.05, 4.69) is 34.7 Å². The van der Waals surface area contributed by atoms with E-state index in [0.29, 0.717) is 23.7 Å². The van der Waals surface area contributed by atoms with Crippen LogP contribution in [-0.2, 0) is 33.6 Å². The van der Waals surface area contributed by atoms with Gasteiger partial charge in [-0.1, -0.05) is 6.42 Å². The lowest BCUT2D eigenvalue weighted by molar-refractivity contribution is -0.197. The molecule has 0 bridgehead atoms. The molecule has 2 heterocycles. The summed E-state index contributed by atoms with van der Waals surface area (Å²) in [5, 5.41) is 8.32. The number of imide groups is 1. The summed E-state index contributed by atoms with van der Waals surface area (Å²) in [7, 11) is 0. The van der Waals surface area contributed by atoms with E-state index in [-0.39, 0.29) is 69.5 Å². The van der Waals surface area contributed by atoms with Crippen molar-refractivity contribution in [2.45, 2.75) is 77.3 Å². The Hall–Kier alpha value is -3.02. The van der Waals surface area contributed by atoms with Gasteiger partial charge in [-0.25, -0.2) is 4.79 Å². The summed E-state index contributed by atoms with van der Waals surface area (Å²) < 4.78 is 0. The van der Waals surface area contributed by atoms with Gasteiger partial charge in [-0.3, -0.25) is 28.9 Å². The largest absolute Gasteiger partial charge is 0.356 e. The molecule has 5 amide bonds. The van der Waals surface area contributed by atoms with Gasteiger partial charge in [0.15, 0.2) is 0 Å². The molecule has 2 aliphatic heterocycles. The lowest BCUT2D eigenvalue weighted by Gasteiger charge is -2.38. The first-order valence-electron chi connectivity index (χ1n) is 11.8. The molecule has 12 nitrogen and oxygen atoms in total. The molecule has 0 aliphatic carbocycles. The molecule has 2 rings (SSSR count). The van der Waals surface area contributed by atoms with Crippen molar-refractivity contribution < 1.29 is 33.6 Å². The molecule has 2 unspecified atom stereocenters. The number of amides is 5. The van der Waals surface area contributed by atoms with Gasteiger partial charge in [-0.15, -0.1) is 5.06 Å². The van der Waals surface area contributed by atoms with Crippen molar-refractivity contribution in [1.29, 1.82) is 0 Å². The van der Waals surface area contributed by atoms with Crippen LogP contribution in [0, 0.1) is 0 Å². The molecule has 2 aliphatic rings. The first kappa shape index (κ1) is 27.2. The Kier molecular flexibility index (Phi) is 10.9. The van der Waals surface area contributed by atoms with Crippen LogP contribution in [0.3, 0.4) is 0 Å².